The summed E-state index contributed by atoms with van der Waals surface area (Å²) in [5.74, 6) is 1.05. The van der Waals surface area contributed by atoms with Gasteiger partial charge in [0.1, 0.15) is 5.76 Å². The fraction of sp³-hybridized carbons (Fsp3) is 0.375. The molecule has 1 N–H and O–H groups in total. The summed E-state index contributed by atoms with van der Waals surface area (Å²) in [6, 6.07) is 15.1. The maximum absolute atomic E-state index is 5.34. The lowest BCUT2D eigenvalue weighted by atomic mass is 10.1. The van der Waals surface area contributed by atoms with Crippen LogP contribution in [0.5, 0.6) is 0 Å². The summed E-state index contributed by atoms with van der Waals surface area (Å²) in [6.07, 6.45) is 5.00. The summed E-state index contributed by atoms with van der Waals surface area (Å²) in [7, 11) is 0. The van der Waals surface area contributed by atoms with Crippen LogP contribution >= 0.6 is 0 Å². The molecule has 0 spiro atoms. The van der Waals surface area contributed by atoms with Gasteiger partial charge in [0.15, 0.2) is 0 Å². The summed E-state index contributed by atoms with van der Waals surface area (Å²) in [4.78, 5) is 0. The first kappa shape index (κ1) is 12.9. The molecule has 1 atom stereocenters. The van der Waals surface area contributed by atoms with Crippen molar-refractivity contribution in [2.75, 3.05) is 6.54 Å². The molecule has 1 aromatic carbocycles. The van der Waals surface area contributed by atoms with Gasteiger partial charge in [-0.2, -0.15) is 0 Å². The zero-order valence-electron chi connectivity index (χ0n) is 10.9. The molecule has 1 aromatic heterocycles. The van der Waals surface area contributed by atoms with Gasteiger partial charge in [-0.1, -0.05) is 30.3 Å². The summed E-state index contributed by atoms with van der Waals surface area (Å²) < 4.78 is 5.34. The lowest BCUT2D eigenvalue weighted by Gasteiger charge is -2.12. The van der Waals surface area contributed by atoms with Crippen LogP contribution in [0.3, 0.4) is 0 Å². The van der Waals surface area contributed by atoms with Gasteiger partial charge in [0.25, 0.3) is 0 Å². The van der Waals surface area contributed by atoms with E-state index in [1.165, 1.54) is 12.0 Å². The highest BCUT2D eigenvalue weighted by molar-refractivity contribution is 5.14. The molecular weight excluding hydrogens is 222 g/mol. The Hall–Kier alpha value is -1.54. The predicted molar refractivity (Wildman–Crippen MR) is 74.6 cm³/mol. The Morgan fingerprint density at radius 1 is 1.11 bits per heavy atom. The summed E-state index contributed by atoms with van der Waals surface area (Å²) >= 11 is 0. The Morgan fingerprint density at radius 3 is 2.67 bits per heavy atom. The molecule has 1 heterocycles. The van der Waals surface area contributed by atoms with Gasteiger partial charge in [0.2, 0.25) is 0 Å². The Bertz CT molecular complexity index is 422. The van der Waals surface area contributed by atoms with Crippen molar-refractivity contribution in [3.63, 3.8) is 0 Å². The third-order valence-corrected chi connectivity index (χ3v) is 3.07. The number of hydrogen-bond donors (Lipinski definition) is 1. The van der Waals surface area contributed by atoms with Gasteiger partial charge in [-0.3, -0.25) is 0 Å². The van der Waals surface area contributed by atoms with Gasteiger partial charge in [-0.05, 0) is 44.0 Å². The number of hydrogen-bond acceptors (Lipinski definition) is 2. The van der Waals surface area contributed by atoms with E-state index in [9.17, 15) is 0 Å². The van der Waals surface area contributed by atoms with Gasteiger partial charge in [0, 0.05) is 12.5 Å². The second-order valence-corrected chi connectivity index (χ2v) is 4.73. The first-order chi connectivity index (χ1) is 8.84. The van der Waals surface area contributed by atoms with Crippen LogP contribution < -0.4 is 5.32 Å². The molecule has 2 nitrogen and oxygen atoms in total. The minimum Gasteiger partial charge on any atom is -0.469 e. The van der Waals surface area contributed by atoms with Crippen LogP contribution in [0.25, 0.3) is 0 Å². The van der Waals surface area contributed by atoms with E-state index in [1.54, 1.807) is 6.26 Å². The molecule has 0 aliphatic carbocycles. The third-order valence-electron chi connectivity index (χ3n) is 3.07. The predicted octanol–water partition coefficient (Wildman–Crippen LogP) is 3.43. The van der Waals surface area contributed by atoms with E-state index in [4.69, 9.17) is 4.42 Å². The monoisotopic (exact) mass is 243 g/mol. The second-order valence-electron chi connectivity index (χ2n) is 4.73. The van der Waals surface area contributed by atoms with E-state index in [-0.39, 0.29) is 0 Å². The average molecular weight is 243 g/mol. The molecule has 18 heavy (non-hydrogen) atoms. The number of nitrogens with one attached hydrogen (secondary N) is 1. The Balaban J connectivity index is 1.60. The number of benzene rings is 1. The van der Waals surface area contributed by atoms with Crippen LogP contribution in [0, 0.1) is 0 Å². The summed E-state index contributed by atoms with van der Waals surface area (Å²) in [5, 5.41) is 3.53. The zero-order chi connectivity index (χ0) is 12.6. The van der Waals surface area contributed by atoms with E-state index in [0.29, 0.717) is 6.04 Å². The van der Waals surface area contributed by atoms with Crippen molar-refractivity contribution in [2.45, 2.75) is 32.2 Å². The highest BCUT2D eigenvalue weighted by Gasteiger charge is 2.04. The smallest absolute Gasteiger partial charge is 0.105 e. The van der Waals surface area contributed by atoms with E-state index >= 15 is 0 Å². The molecule has 0 amide bonds. The van der Waals surface area contributed by atoms with Gasteiger partial charge >= 0.3 is 0 Å². The molecule has 0 aliphatic heterocycles. The van der Waals surface area contributed by atoms with Crippen molar-refractivity contribution in [3.05, 3.63) is 60.1 Å². The third kappa shape index (κ3) is 4.38. The lowest BCUT2D eigenvalue weighted by molar-refractivity contribution is 0.455. The first-order valence-electron chi connectivity index (χ1n) is 6.64. The van der Waals surface area contributed by atoms with E-state index < -0.39 is 0 Å². The van der Waals surface area contributed by atoms with Crippen LogP contribution in [-0.2, 0) is 12.8 Å². The number of rotatable bonds is 7. The van der Waals surface area contributed by atoms with Crippen molar-refractivity contribution < 1.29 is 4.42 Å². The minimum absolute atomic E-state index is 0.465. The molecule has 0 radical (unpaired) electrons. The second kappa shape index (κ2) is 7.02. The van der Waals surface area contributed by atoms with Crippen LogP contribution in [0.1, 0.15) is 24.7 Å². The molecular formula is C16H21NO. The molecule has 2 rings (SSSR count). The Morgan fingerprint density at radius 2 is 1.94 bits per heavy atom. The highest BCUT2D eigenvalue weighted by atomic mass is 16.3. The fourth-order valence-corrected chi connectivity index (χ4v) is 2.09. The quantitative estimate of drug-likeness (QED) is 0.754. The van der Waals surface area contributed by atoms with Crippen molar-refractivity contribution in [3.8, 4) is 0 Å². The zero-order valence-corrected chi connectivity index (χ0v) is 10.9. The van der Waals surface area contributed by atoms with Crippen molar-refractivity contribution in [1.29, 1.82) is 0 Å². The van der Waals surface area contributed by atoms with Crippen LogP contribution in [0.15, 0.2) is 53.1 Å². The van der Waals surface area contributed by atoms with E-state index in [0.717, 1.165) is 25.1 Å². The Kier molecular flexibility index (Phi) is 5.03. The van der Waals surface area contributed by atoms with Crippen LogP contribution in [0.4, 0.5) is 0 Å². The van der Waals surface area contributed by atoms with Gasteiger partial charge < -0.3 is 9.73 Å². The molecule has 2 heteroatoms. The summed E-state index contributed by atoms with van der Waals surface area (Å²) in [6.45, 7) is 3.25. The van der Waals surface area contributed by atoms with Crippen molar-refractivity contribution >= 4 is 0 Å². The molecule has 0 bridgehead atoms. The molecule has 1 unspecified atom stereocenters. The minimum atomic E-state index is 0.465. The number of aryl methyl sites for hydroxylation is 1. The van der Waals surface area contributed by atoms with Crippen LogP contribution in [0.2, 0.25) is 0 Å². The van der Waals surface area contributed by atoms with E-state index in [1.807, 2.05) is 12.1 Å². The molecule has 96 valence electrons. The van der Waals surface area contributed by atoms with Gasteiger partial charge in [0.05, 0.1) is 6.26 Å². The maximum atomic E-state index is 5.34. The molecule has 0 fully saturated rings. The average Bonchev–Trinajstić information content (AvgIpc) is 2.89. The largest absolute Gasteiger partial charge is 0.469 e. The van der Waals surface area contributed by atoms with Crippen LogP contribution in [-0.4, -0.2) is 12.6 Å². The first-order valence-corrected chi connectivity index (χ1v) is 6.64. The normalized spacial score (nSPS) is 12.5. The topological polar surface area (TPSA) is 25.2 Å². The van der Waals surface area contributed by atoms with Gasteiger partial charge in [-0.25, -0.2) is 0 Å². The molecule has 0 saturated carbocycles. The fourth-order valence-electron chi connectivity index (χ4n) is 2.09. The van der Waals surface area contributed by atoms with Crippen molar-refractivity contribution in [1.82, 2.24) is 5.32 Å². The van der Waals surface area contributed by atoms with E-state index in [2.05, 4.69) is 42.6 Å². The van der Waals surface area contributed by atoms with Gasteiger partial charge in [-0.15, -0.1) is 0 Å². The standard InChI is InChI=1S/C16H21NO/c1-14(13-16-10-6-12-18-16)17-11-5-9-15-7-3-2-4-8-15/h2-4,6-8,10,12,14,17H,5,9,11,13H2,1H3. The highest BCUT2D eigenvalue weighted by Crippen LogP contribution is 2.05. The lowest BCUT2D eigenvalue weighted by Crippen LogP contribution is -2.29. The Labute approximate surface area is 109 Å². The summed E-state index contributed by atoms with van der Waals surface area (Å²) in [5.41, 5.74) is 1.41. The maximum Gasteiger partial charge on any atom is 0.105 e. The van der Waals surface area contributed by atoms with Crippen molar-refractivity contribution in [2.24, 2.45) is 0 Å². The SMILES string of the molecule is CC(Cc1ccco1)NCCCc1ccccc1. The molecule has 0 saturated heterocycles. The molecule has 0 aliphatic rings. The number of furan rings is 1. The molecule has 2 aromatic rings.